The molecule has 50 heavy (non-hydrogen) atoms. The van der Waals surface area contributed by atoms with Crippen LogP contribution in [0.3, 0.4) is 0 Å². The number of rotatable bonds is 7. The van der Waals surface area contributed by atoms with Crippen molar-refractivity contribution in [2.75, 3.05) is 36.4 Å². The van der Waals surface area contributed by atoms with Crippen LogP contribution in [-0.2, 0) is 27.3 Å². The molecule has 1 saturated carbocycles. The average molecular weight is 728 g/mol. The normalized spacial score (nSPS) is 21.1. The molecule has 0 bridgehead atoms. The number of aromatic nitrogens is 4. The SMILES string of the molecule is CCc1c(N2CCN(C(=O)OC(C)(C)C)CC2)c(=O)n2nc(C3=CC4CC(=O)CC4C3)nc2n1CC(=O)Nc1ccc(S(F)(F)(F)(F)F)cc1. The molecule has 2 unspecified atom stereocenters. The minimum absolute atomic E-state index is 0.0541. The van der Waals surface area contributed by atoms with Gasteiger partial charge in [-0.25, -0.2) is 4.79 Å². The molecule has 0 spiro atoms. The molecule has 3 heterocycles. The van der Waals surface area contributed by atoms with E-state index in [-0.39, 0.29) is 85.3 Å². The number of Topliss-reactive ketones (excluding diaryl/α,β-unsaturated/α-hetero) is 1. The fourth-order valence-corrected chi connectivity index (χ4v) is 7.44. The minimum atomic E-state index is -9.91. The van der Waals surface area contributed by atoms with Gasteiger partial charge in [-0.3, -0.25) is 14.4 Å². The number of carbonyl (C=O) groups excluding carboxylic acids is 3. The predicted molar refractivity (Wildman–Crippen MR) is 177 cm³/mol. The molecule has 1 N–H and O–H groups in total. The van der Waals surface area contributed by atoms with E-state index in [0.29, 0.717) is 25.0 Å². The molecule has 3 aliphatic rings. The van der Waals surface area contributed by atoms with E-state index in [9.17, 15) is 38.6 Å². The van der Waals surface area contributed by atoms with E-state index in [1.54, 1.807) is 37.5 Å². The molecule has 0 radical (unpaired) electrons. The highest BCUT2D eigenvalue weighted by molar-refractivity contribution is 8.45. The van der Waals surface area contributed by atoms with Gasteiger partial charge in [-0.2, -0.15) is 9.50 Å². The number of ether oxygens (including phenoxy) is 1. The summed E-state index contributed by atoms with van der Waals surface area (Å²) >= 11 is 0. The molecule has 6 rings (SSSR count). The number of hydrogen-bond donors (Lipinski definition) is 1. The summed E-state index contributed by atoms with van der Waals surface area (Å²) in [7, 11) is -9.91. The smallest absolute Gasteiger partial charge is 0.410 e. The Hall–Kier alpha value is -4.48. The van der Waals surface area contributed by atoms with Crippen LogP contribution in [0.25, 0.3) is 11.4 Å². The van der Waals surface area contributed by atoms with Crippen molar-refractivity contribution in [2.45, 2.75) is 70.4 Å². The van der Waals surface area contributed by atoms with Crippen LogP contribution in [0.4, 0.5) is 35.6 Å². The number of benzene rings is 1. The number of anilines is 2. The van der Waals surface area contributed by atoms with Gasteiger partial charge in [0.25, 0.3) is 5.56 Å². The number of piperazine rings is 1. The monoisotopic (exact) mass is 727 g/mol. The number of ketones is 1. The highest BCUT2D eigenvalue weighted by Gasteiger charge is 2.65. The Labute approximate surface area is 284 Å². The first kappa shape index (κ1) is 35.3. The Balaban J connectivity index is 1.35. The van der Waals surface area contributed by atoms with Gasteiger partial charge in [-0.15, -0.1) is 5.10 Å². The predicted octanol–water partition coefficient (Wildman–Crippen LogP) is 6.19. The molecular formula is C32H38F5N7O5S. The van der Waals surface area contributed by atoms with Crippen molar-refractivity contribution in [2.24, 2.45) is 11.8 Å². The van der Waals surface area contributed by atoms with Gasteiger partial charge in [0, 0.05) is 44.7 Å². The lowest BCUT2D eigenvalue weighted by Gasteiger charge is -2.40. The van der Waals surface area contributed by atoms with Gasteiger partial charge < -0.3 is 24.4 Å². The van der Waals surface area contributed by atoms with Crippen molar-refractivity contribution in [1.29, 1.82) is 0 Å². The van der Waals surface area contributed by atoms with Gasteiger partial charge in [0.1, 0.15) is 28.5 Å². The Morgan fingerprint density at radius 1 is 0.980 bits per heavy atom. The first-order chi connectivity index (χ1) is 23.1. The van der Waals surface area contributed by atoms with Gasteiger partial charge in [0.15, 0.2) is 5.82 Å². The van der Waals surface area contributed by atoms with Crippen molar-refractivity contribution < 1.29 is 38.5 Å². The number of carbonyl (C=O) groups is 3. The Morgan fingerprint density at radius 3 is 2.22 bits per heavy atom. The number of hydrogen-bond acceptors (Lipinski definition) is 8. The fraction of sp³-hybridized carbons (Fsp3) is 0.500. The molecule has 272 valence electrons. The second kappa shape index (κ2) is 11.5. The number of nitrogens with zero attached hydrogens (tertiary/aromatic N) is 6. The molecule has 2 aliphatic carbocycles. The summed E-state index contributed by atoms with van der Waals surface area (Å²) in [5, 5.41) is 7.00. The highest BCUT2D eigenvalue weighted by atomic mass is 32.5. The minimum Gasteiger partial charge on any atom is -0.444 e. The molecule has 1 aromatic carbocycles. The quantitative estimate of drug-likeness (QED) is 0.285. The van der Waals surface area contributed by atoms with E-state index in [1.807, 2.05) is 6.08 Å². The average Bonchev–Trinajstić information content (AvgIpc) is 3.70. The topological polar surface area (TPSA) is 131 Å². The molecule has 3 aromatic rings. The molecule has 1 saturated heterocycles. The number of allylic oxidation sites excluding steroid dienone is 2. The number of halogens is 5. The maximum atomic E-state index is 14.2. The summed E-state index contributed by atoms with van der Waals surface area (Å²) in [6, 6.07) is 1.91. The van der Waals surface area contributed by atoms with Crippen LogP contribution in [0.2, 0.25) is 0 Å². The Morgan fingerprint density at radius 2 is 1.64 bits per heavy atom. The summed E-state index contributed by atoms with van der Waals surface area (Å²) in [6.45, 7) is 7.66. The van der Waals surface area contributed by atoms with Crippen LogP contribution in [0.1, 0.15) is 58.5 Å². The third-order valence-corrected chi connectivity index (χ3v) is 10.2. The van der Waals surface area contributed by atoms with Crippen LogP contribution in [0.15, 0.2) is 40.0 Å². The number of amides is 2. The Kier molecular flexibility index (Phi) is 8.15. The van der Waals surface area contributed by atoms with Crippen LogP contribution in [-0.4, -0.2) is 73.6 Å². The van der Waals surface area contributed by atoms with Crippen LogP contribution < -0.4 is 15.8 Å². The van der Waals surface area contributed by atoms with Crippen molar-refractivity contribution in [1.82, 2.24) is 24.1 Å². The zero-order chi connectivity index (χ0) is 36.5. The molecular weight excluding hydrogens is 689 g/mol. The molecule has 2 fully saturated rings. The van der Waals surface area contributed by atoms with Gasteiger partial charge in [0.2, 0.25) is 11.7 Å². The van der Waals surface area contributed by atoms with E-state index in [0.717, 1.165) is 22.2 Å². The summed E-state index contributed by atoms with van der Waals surface area (Å²) < 4.78 is 74.3. The maximum absolute atomic E-state index is 14.2. The fourth-order valence-electron chi connectivity index (χ4n) is 6.79. The summed E-state index contributed by atoms with van der Waals surface area (Å²) in [5.41, 5.74) is 0.134. The second-order valence-electron chi connectivity index (χ2n) is 14.0. The highest BCUT2D eigenvalue weighted by Crippen LogP contribution is 3.02. The first-order valence-corrected chi connectivity index (χ1v) is 18.2. The van der Waals surface area contributed by atoms with E-state index in [4.69, 9.17) is 4.74 Å². The van der Waals surface area contributed by atoms with Gasteiger partial charge in [0.05, 0.1) is 5.69 Å². The standard InChI is InChI=1S/C32H38F5N7O5S/c1-5-25-27(41-10-12-42(13-11-41)31(48)49-32(2,3)4)29(47)44-30(39-28(40-44)21-14-19-16-23(45)17-20(19)15-21)43(25)18-26(46)38-22-6-8-24(9-7-22)50(33,34,35,36)37/h6-9,14,19-20H,5,10-13,15-18H2,1-4H3,(H,38,46). The van der Waals surface area contributed by atoms with Crippen molar-refractivity contribution in [3.05, 3.63) is 52.2 Å². The lowest BCUT2D eigenvalue weighted by molar-refractivity contribution is -0.118. The molecule has 2 aromatic heterocycles. The molecule has 12 nitrogen and oxygen atoms in total. The largest absolute Gasteiger partial charge is 0.444 e. The first-order valence-electron chi connectivity index (χ1n) is 16.2. The third-order valence-electron chi connectivity index (χ3n) is 9.04. The summed E-state index contributed by atoms with van der Waals surface area (Å²) in [5.74, 6) is -0.0124. The molecule has 2 amide bonds. The molecule has 1 aliphatic heterocycles. The lowest BCUT2D eigenvalue weighted by atomic mass is 10.00. The van der Waals surface area contributed by atoms with Crippen molar-refractivity contribution in [3.8, 4) is 0 Å². The van der Waals surface area contributed by atoms with Crippen LogP contribution >= 0.6 is 10.2 Å². The van der Waals surface area contributed by atoms with Crippen molar-refractivity contribution in [3.63, 3.8) is 0 Å². The zero-order valence-corrected chi connectivity index (χ0v) is 28.7. The van der Waals surface area contributed by atoms with Crippen molar-refractivity contribution >= 4 is 50.7 Å². The van der Waals surface area contributed by atoms with E-state index in [1.165, 1.54) is 4.57 Å². The second-order valence-corrected chi connectivity index (χ2v) is 16.4. The van der Waals surface area contributed by atoms with E-state index in [2.05, 4.69) is 15.4 Å². The summed E-state index contributed by atoms with van der Waals surface area (Å²) in [4.78, 5) is 58.1. The maximum Gasteiger partial charge on any atom is 0.410 e. The van der Waals surface area contributed by atoms with Gasteiger partial charge in [-0.1, -0.05) is 32.4 Å². The van der Waals surface area contributed by atoms with Gasteiger partial charge in [-0.05, 0) is 75.3 Å². The van der Waals surface area contributed by atoms with E-state index < -0.39 is 44.8 Å². The summed E-state index contributed by atoms with van der Waals surface area (Å²) in [6.07, 6.45) is 3.17. The van der Waals surface area contributed by atoms with Crippen LogP contribution in [0.5, 0.6) is 0 Å². The number of fused-ring (bicyclic) bond motifs is 2. The Bertz CT molecular complexity index is 1980. The van der Waals surface area contributed by atoms with Crippen LogP contribution in [0, 0.1) is 11.8 Å². The van der Waals surface area contributed by atoms with E-state index >= 15 is 0 Å². The molecule has 18 heteroatoms. The molecule has 2 atom stereocenters. The third kappa shape index (κ3) is 7.20. The lowest BCUT2D eigenvalue weighted by Crippen LogP contribution is -2.51. The van der Waals surface area contributed by atoms with Gasteiger partial charge >= 0.3 is 16.3 Å². The zero-order valence-electron chi connectivity index (χ0n) is 27.9. The number of nitrogens with one attached hydrogen (secondary N) is 1.